The van der Waals surface area contributed by atoms with E-state index in [0.29, 0.717) is 31.0 Å². The van der Waals surface area contributed by atoms with E-state index >= 15 is 0 Å². The molecule has 2 rings (SSSR count). The third-order valence-corrected chi connectivity index (χ3v) is 5.61. The zero-order valence-corrected chi connectivity index (χ0v) is 16.7. The summed E-state index contributed by atoms with van der Waals surface area (Å²) in [7, 11) is -3.72. The molecule has 6 nitrogen and oxygen atoms in total. The summed E-state index contributed by atoms with van der Waals surface area (Å²) in [4.78, 5) is 12.2. The van der Waals surface area contributed by atoms with Crippen LogP contribution in [0.3, 0.4) is 0 Å². The van der Waals surface area contributed by atoms with Gasteiger partial charge in [0.1, 0.15) is 0 Å². The molecule has 7 heteroatoms. The first-order chi connectivity index (χ1) is 12.8. The topological polar surface area (TPSA) is 84.5 Å². The number of hydrogen-bond acceptors (Lipinski definition) is 4. The third kappa shape index (κ3) is 5.80. The monoisotopic (exact) mass is 390 g/mol. The van der Waals surface area contributed by atoms with E-state index < -0.39 is 10.0 Å². The summed E-state index contributed by atoms with van der Waals surface area (Å²) in [5.74, 6) is -0.238. The molecule has 0 aromatic heterocycles. The lowest BCUT2D eigenvalue weighted by atomic mass is 10.1. The maximum Gasteiger partial charge on any atom is 0.261 e. The number of rotatable bonds is 9. The number of amides is 1. The van der Waals surface area contributed by atoms with Crippen LogP contribution in [-0.4, -0.2) is 34.1 Å². The van der Waals surface area contributed by atoms with Crippen LogP contribution in [0, 0.1) is 13.8 Å². The van der Waals surface area contributed by atoms with Gasteiger partial charge in [-0.15, -0.1) is 0 Å². The van der Waals surface area contributed by atoms with Crippen LogP contribution in [-0.2, 0) is 14.8 Å². The van der Waals surface area contributed by atoms with Crippen LogP contribution < -0.4 is 10.0 Å². The molecule has 0 aliphatic heterocycles. The van der Waals surface area contributed by atoms with Crippen molar-refractivity contribution >= 4 is 21.6 Å². The second-order valence-corrected chi connectivity index (χ2v) is 7.87. The molecule has 0 radical (unpaired) electrons. The number of aryl methyl sites for hydroxylation is 1. The highest BCUT2D eigenvalue weighted by atomic mass is 32.2. The molecule has 0 saturated heterocycles. The van der Waals surface area contributed by atoms with Gasteiger partial charge in [0.05, 0.1) is 10.6 Å². The standard InChI is InChI=1S/C20H26N2O4S/c1-4-26-14-6-13-21-20(23)17-9-11-18(12-10-17)27(24,25)22-19-8-5-7-15(2)16(19)3/h5,7-12,22H,4,6,13-14H2,1-3H3,(H,21,23). The van der Waals surface area contributed by atoms with Gasteiger partial charge in [-0.05, 0) is 68.7 Å². The van der Waals surface area contributed by atoms with Gasteiger partial charge < -0.3 is 10.1 Å². The summed E-state index contributed by atoms with van der Waals surface area (Å²) in [6, 6.07) is 11.3. The first kappa shape index (κ1) is 20.9. The Morgan fingerprint density at radius 2 is 1.78 bits per heavy atom. The lowest BCUT2D eigenvalue weighted by Crippen LogP contribution is -2.25. The Morgan fingerprint density at radius 3 is 2.44 bits per heavy atom. The fourth-order valence-electron chi connectivity index (χ4n) is 2.47. The fraction of sp³-hybridized carbons (Fsp3) is 0.350. The summed E-state index contributed by atoms with van der Waals surface area (Å²) >= 11 is 0. The van der Waals surface area contributed by atoms with Gasteiger partial charge in [0.2, 0.25) is 0 Å². The van der Waals surface area contributed by atoms with Crippen molar-refractivity contribution in [1.29, 1.82) is 0 Å². The number of anilines is 1. The number of sulfonamides is 1. The summed E-state index contributed by atoms with van der Waals surface area (Å²) in [6.07, 6.45) is 0.728. The molecule has 0 heterocycles. The fourth-order valence-corrected chi connectivity index (χ4v) is 3.60. The largest absolute Gasteiger partial charge is 0.382 e. The van der Waals surface area contributed by atoms with Crippen molar-refractivity contribution in [2.24, 2.45) is 0 Å². The third-order valence-electron chi connectivity index (χ3n) is 4.23. The molecule has 0 bridgehead atoms. The molecule has 2 aromatic carbocycles. The van der Waals surface area contributed by atoms with E-state index in [-0.39, 0.29) is 10.8 Å². The predicted octanol–water partition coefficient (Wildman–Crippen LogP) is 3.26. The Hall–Kier alpha value is -2.38. The number of carbonyl (C=O) groups is 1. The van der Waals surface area contributed by atoms with Gasteiger partial charge in [-0.2, -0.15) is 0 Å². The molecule has 0 spiro atoms. The molecule has 1 amide bonds. The molecule has 0 unspecified atom stereocenters. The Kier molecular flexibility index (Phi) is 7.38. The van der Waals surface area contributed by atoms with Gasteiger partial charge in [-0.3, -0.25) is 9.52 Å². The summed E-state index contributed by atoms with van der Waals surface area (Å²) < 4.78 is 33.0. The van der Waals surface area contributed by atoms with Crippen LogP contribution >= 0.6 is 0 Å². The highest BCUT2D eigenvalue weighted by molar-refractivity contribution is 7.92. The Bertz CT molecular complexity index is 877. The minimum Gasteiger partial charge on any atom is -0.382 e. The molecule has 27 heavy (non-hydrogen) atoms. The molecule has 146 valence electrons. The van der Waals surface area contributed by atoms with Crippen molar-refractivity contribution in [3.05, 3.63) is 59.2 Å². The van der Waals surface area contributed by atoms with Crippen molar-refractivity contribution in [2.75, 3.05) is 24.5 Å². The van der Waals surface area contributed by atoms with E-state index in [2.05, 4.69) is 10.0 Å². The molecular formula is C20H26N2O4S. The number of carbonyl (C=O) groups excluding carboxylic acids is 1. The zero-order chi connectivity index (χ0) is 19.9. The summed E-state index contributed by atoms with van der Waals surface area (Å²) in [5.41, 5.74) is 2.85. The van der Waals surface area contributed by atoms with E-state index in [1.165, 1.54) is 24.3 Å². The second kappa shape index (κ2) is 9.53. The van der Waals surface area contributed by atoms with Crippen molar-refractivity contribution in [1.82, 2.24) is 5.32 Å². The molecule has 0 aliphatic rings. The Balaban J connectivity index is 2.03. The van der Waals surface area contributed by atoms with Gasteiger partial charge in [0, 0.05) is 25.3 Å². The molecule has 0 fully saturated rings. The zero-order valence-electron chi connectivity index (χ0n) is 15.9. The average molecular weight is 391 g/mol. The van der Waals surface area contributed by atoms with E-state index in [0.717, 1.165) is 17.5 Å². The minimum absolute atomic E-state index is 0.108. The first-order valence-electron chi connectivity index (χ1n) is 8.90. The Morgan fingerprint density at radius 1 is 1.07 bits per heavy atom. The summed E-state index contributed by atoms with van der Waals surface area (Å²) in [5, 5.41) is 2.79. The van der Waals surface area contributed by atoms with Crippen LogP contribution in [0.5, 0.6) is 0 Å². The van der Waals surface area contributed by atoms with Crippen LogP contribution in [0.25, 0.3) is 0 Å². The van der Waals surface area contributed by atoms with Gasteiger partial charge in [0.15, 0.2) is 0 Å². The molecular weight excluding hydrogens is 364 g/mol. The smallest absolute Gasteiger partial charge is 0.261 e. The van der Waals surface area contributed by atoms with Crippen molar-refractivity contribution in [3.8, 4) is 0 Å². The van der Waals surface area contributed by atoms with E-state index in [9.17, 15) is 13.2 Å². The predicted molar refractivity (Wildman–Crippen MR) is 107 cm³/mol. The second-order valence-electron chi connectivity index (χ2n) is 6.18. The summed E-state index contributed by atoms with van der Waals surface area (Å²) in [6.45, 7) is 7.47. The average Bonchev–Trinajstić information content (AvgIpc) is 2.65. The van der Waals surface area contributed by atoms with Crippen molar-refractivity contribution < 1.29 is 17.9 Å². The van der Waals surface area contributed by atoms with E-state index in [4.69, 9.17) is 4.74 Å². The molecule has 0 saturated carbocycles. The van der Waals surface area contributed by atoms with Crippen LogP contribution in [0.1, 0.15) is 34.8 Å². The maximum absolute atomic E-state index is 12.6. The van der Waals surface area contributed by atoms with Crippen molar-refractivity contribution in [3.63, 3.8) is 0 Å². The lowest BCUT2D eigenvalue weighted by molar-refractivity contribution is 0.0944. The first-order valence-corrected chi connectivity index (χ1v) is 10.4. The van der Waals surface area contributed by atoms with Crippen LogP contribution in [0.15, 0.2) is 47.4 Å². The molecule has 0 atom stereocenters. The van der Waals surface area contributed by atoms with Crippen LogP contribution in [0.4, 0.5) is 5.69 Å². The number of nitrogens with one attached hydrogen (secondary N) is 2. The van der Waals surface area contributed by atoms with E-state index in [1.54, 1.807) is 12.1 Å². The molecule has 2 aromatic rings. The van der Waals surface area contributed by atoms with Gasteiger partial charge in [-0.1, -0.05) is 12.1 Å². The highest BCUT2D eigenvalue weighted by Crippen LogP contribution is 2.22. The van der Waals surface area contributed by atoms with Gasteiger partial charge in [-0.25, -0.2) is 8.42 Å². The number of benzene rings is 2. The van der Waals surface area contributed by atoms with Gasteiger partial charge in [0.25, 0.3) is 15.9 Å². The molecule has 0 aliphatic carbocycles. The van der Waals surface area contributed by atoms with Gasteiger partial charge >= 0.3 is 0 Å². The Labute approximate surface area is 161 Å². The number of hydrogen-bond donors (Lipinski definition) is 2. The quantitative estimate of drug-likeness (QED) is 0.644. The van der Waals surface area contributed by atoms with Crippen molar-refractivity contribution in [2.45, 2.75) is 32.1 Å². The maximum atomic E-state index is 12.6. The van der Waals surface area contributed by atoms with E-state index in [1.807, 2.05) is 26.8 Å². The molecule has 2 N–H and O–H groups in total. The number of ether oxygens (including phenoxy) is 1. The SMILES string of the molecule is CCOCCCNC(=O)c1ccc(S(=O)(=O)Nc2cccc(C)c2C)cc1. The lowest BCUT2D eigenvalue weighted by Gasteiger charge is -2.12. The highest BCUT2D eigenvalue weighted by Gasteiger charge is 2.16. The minimum atomic E-state index is -3.72. The normalized spacial score (nSPS) is 11.2. The van der Waals surface area contributed by atoms with Crippen LogP contribution in [0.2, 0.25) is 0 Å².